The number of rotatable bonds is 4. The lowest BCUT2D eigenvalue weighted by molar-refractivity contribution is -0.137. The lowest BCUT2D eigenvalue weighted by Crippen LogP contribution is -2.46. The fourth-order valence-corrected chi connectivity index (χ4v) is 4.46. The first-order valence-corrected chi connectivity index (χ1v) is 10.8. The van der Waals surface area contributed by atoms with Gasteiger partial charge < -0.3 is 5.32 Å². The summed E-state index contributed by atoms with van der Waals surface area (Å²) in [6.45, 7) is 3.79. The molecule has 0 bridgehead atoms. The van der Waals surface area contributed by atoms with Gasteiger partial charge in [0.05, 0.1) is 22.7 Å². The van der Waals surface area contributed by atoms with Gasteiger partial charge in [0.2, 0.25) is 5.91 Å². The van der Waals surface area contributed by atoms with Crippen molar-refractivity contribution in [1.29, 1.82) is 0 Å². The van der Waals surface area contributed by atoms with Gasteiger partial charge in [0, 0.05) is 5.56 Å². The molecule has 0 saturated carbocycles. The molecular formula is C22H19F3N4O2S. The number of aliphatic imine (C=N–C) groups is 2. The second kappa shape index (κ2) is 8.42. The molecule has 2 aliphatic heterocycles. The normalized spacial score (nSPS) is 17.6. The zero-order valence-corrected chi connectivity index (χ0v) is 18.0. The molecule has 0 radical (unpaired) electrons. The average Bonchev–Trinajstić information content (AvgIpc) is 3.09. The van der Waals surface area contributed by atoms with Gasteiger partial charge in [-0.15, -0.1) is 0 Å². The molecule has 2 aliphatic rings. The molecule has 0 fully saturated rings. The van der Waals surface area contributed by atoms with Crippen LogP contribution >= 0.6 is 11.8 Å². The average molecular weight is 460 g/mol. The van der Waals surface area contributed by atoms with E-state index in [0.717, 1.165) is 23.4 Å². The third-order valence-corrected chi connectivity index (χ3v) is 5.97. The summed E-state index contributed by atoms with van der Waals surface area (Å²) in [5.41, 5.74) is 0.115. The maximum atomic E-state index is 13.2. The Morgan fingerprint density at radius 2 is 1.81 bits per heavy atom. The second-order valence-corrected chi connectivity index (χ2v) is 8.57. The minimum absolute atomic E-state index is 0.0627. The first-order valence-electron chi connectivity index (χ1n) is 9.85. The lowest BCUT2D eigenvalue weighted by atomic mass is 10.0. The Labute approximate surface area is 186 Å². The fraction of sp³-hybridized carbons (Fsp3) is 0.273. The fourth-order valence-electron chi connectivity index (χ4n) is 3.62. The third-order valence-electron chi connectivity index (χ3n) is 5.01. The zero-order chi connectivity index (χ0) is 23.0. The van der Waals surface area contributed by atoms with Crippen LogP contribution in [0.5, 0.6) is 0 Å². The van der Waals surface area contributed by atoms with Crippen molar-refractivity contribution >= 4 is 46.0 Å². The standard InChI is InChI=1S/C22H19F3N4O2S/c1-12(2)18-20(31)28-19-13-7-3-5-9-15(13)27-21(29(18)19)32-11-17(30)26-16-10-6-4-8-14(16)22(23,24)25/h3-10,12,18H,11H2,1-2H3,(H,26,30). The number of anilines is 1. The molecule has 2 aromatic carbocycles. The van der Waals surface area contributed by atoms with Crippen LogP contribution in [0, 0.1) is 5.92 Å². The molecule has 2 aromatic rings. The zero-order valence-electron chi connectivity index (χ0n) is 17.2. The van der Waals surface area contributed by atoms with Gasteiger partial charge in [0.1, 0.15) is 11.9 Å². The van der Waals surface area contributed by atoms with Gasteiger partial charge in [0.15, 0.2) is 5.17 Å². The molecule has 1 unspecified atom stereocenters. The smallest absolute Gasteiger partial charge is 0.325 e. The van der Waals surface area contributed by atoms with E-state index in [-0.39, 0.29) is 23.3 Å². The van der Waals surface area contributed by atoms with E-state index in [1.54, 1.807) is 17.0 Å². The molecule has 0 aliphatic carbocycles. The molecule has 1 N–H and O–H groups in total. The van der Waals surface area contributed by atoms with Gasteiger partial charge in [-0.05, 0) is 30.2 Å². The third kappa shape index (κ3) is 4.14. The number of hydrogen-bond acceptors (Lipinski definition) is 5. The first-order chi connectivity index (χ1) is 15.2. The van der Waals surface area contributed by atoms with Gasteiger partial charge in [-0.25, -0.2) is 4.99 Å². The van der Waals surface area contributed by atoms with Crippen LogP contribution in [0.1, 0.15) is 25.0 Å². The molecule has 0 spiro atoms. The van der Waals surface area contributed by atoms with E-state index in [2.05, 4.69) is 15.3 Å². The van der Waals surface area contributed by atoms with E-state index in [9.17, 15) is 22.8 Å². The van der Waals surface area contributed by atoms with Crippen molar-refractivity contribution in [2.45, 2.75) is 26.1 Å². The Morgan fingerprint density at radius 1 is 1.12 bits per heavy atom. The van der Waals surface area contributed by atoms with Crippen LogP contribution in [0.25, 0.3) is 0 Å². The predicted octanol–water partition coefficient (Wildman–Crippen LogP) is 4.69. The van der Waals surface area contributed by atoms with E-state index in [0.29, 0.717) is 16.7 Å². The Bertz CT molecular complexity index is 1140. The maximum Gasteiger partial charge on any atom is 0.418 e. The highest BCUT2D eigenvalue weighted by Gasteiger charge is 2.43. The largest absolute Gasteiger partial charge is 0.418 e. The summed E-state index contributed by atoms with van der Waals surface area (Å²) in [6.07, 6.45) is -4.58. The highest BCUT2D eigenvalue weighted by molar-refractivity contribution is 8.14. The SMILES string of the molecule is CC(C)C1C(=O)N=C2c3ccccc3N=C(SCC(=O)Nc3ccccc3C(F)(F)F)N21. The Kier molecular flexibility index (Phi) is 5.81. The van der Waals surface area contributed by atoms with Crippen LogP contribution in [-0.2, 0) is 15.8 Å². The molecule has 32 heavy (non-hydrogen) atoms. The van der Waals surface area contributed by atoms with Gasteiger partial charge in [0.25, 0.3) is 5.91 Å². The van der Waals surface area contributed by atoms with Gasteiger partial charge in [-0.3, -0.25) is 14.5 Å². The minimum Gasteiger partial charge on any atom is -0.325 e. The van der Waals surface area contributed by atoms with E-state index >= 15 is 0 Å². The number of carbonyl (C=O) groups excluding carboxylic acids is 2. The van der Waals surface area contributed by atoms with E-state index in [1.165, 1.54) is 18.2 Å². The van der Waals surface area contributed by atoms with Crippen molar-refractivity contribution in [3.8, 4) is 0 Å². The summed E-state index contributed by atoms with van der Waals surface area (Å²) in [4.78, 5) is 35.6. The van der Waals surface area contributed by atoms with Crippen LogP contribution in [-0.4, -0.2) is 39.5 Å². The number of fused-ring (bicyclic) bond motifs is 3. The summed E-state index contributed by atoms with van der Waals surface area (Å²) in [7, 11) is 0. The van der Waals surface area contributed by atoms with Crippen LogP contribution in [0.3, 0.4) is 0 Å². The summed E-state index contributed by atoms with van der Waals surface area (Å²) in [5, 5.41) is 2.74. The van der Waals surface area contributed by atoms with E-state index < -0.39 is 23.7 Å². The number of halogens is 3. The molecular weight excluding hydrogens is 441 g/mol. The molecule has 4 rings (SSSR count). The monoisotopic (exact) mass is 460 g/mol. The van der Waals surface area contributed by atoms with Crippen molar-refractivity contribution < 1.29 is 22.8 Å². The minimum atomic E-state index is -4.58. The first kappa shape index (κ1) is 22.1. The second-order valence-electron chi connectivity index (χ2n) is 7.62. The van der Waals surface area contributed by atoms with Crippen molar-refractivity contribution in [3.05, 3.63) is 59.7 Å². The summed E-state index contributed by atoms with van der Waals surface area (Å²) >= 11 is 1.05. The number of thioether (sulfide) groups is 1. The van der Waals surface area contributed by atoms with Crippen molar-refractivity contribution in [2.75, 3.05) is 11.1 Å². The van der Waals surface area contributed by atoms with Gasteiger partial charge in [-0.1, -0.05) is 49.9 Å². The van der Waals surface area contributed by atoms with Gasteiger partial charge >= 0.3 is 6.18 Å². The molecule has 6 nitrogen and oxygen atoms in total. The highest BCUT2D eigenvalue weighted by Crippen LogP contribution is 2.37. The van der Waals surface area contributed by atoms with Crippen LogP contribution < -0.4 is 5.32 Å². The number of amidine groups is 2. The van der Waals surface area contributed by atoms with Crippen molar-refractivity contribution in [3.63, 3.8) is 0 Å². The van der Waals surface area contributed by atoms with Crippen LogP contribution in [0.2, 0.25) is 0 Å². The lowest BCUT2D eigenvalue weighted by Gasteiger charge is -2.32. The number of carbonyl (C=O) groups is 2. The Hall–Kier alpha value is -3.14. The Morgan fingerprint density at radius 3 is 2.53 bits per heavy atom. The summed E-state index contributed by atoms with van der Waals surface area (Å²) in [6, 6.07) is 11.5. The molecule has 0 aromatic heterocycles. The quantitative estimate of drug-likeness (QED) is 0.718. The molecule has 0 saturated heterocycles. The molecule has 2 amide bonds. The molecule has 10 heteroatoms. The van der Waals surface area contributed by atoms with E-state index in [1.807, 2.05) is 26.0 Å². The summed E-state index contributed by atoms with van der Waals surface area (Å²) < 4.78 is 39.6. The maximum absolute atomic E-state index is 13.2. The van der Waals surface area contributed by atoms with E-state index in [4.69, 9.17) is 0 Å². The van der Waals surface area contributed by atoms with Crippen LogP contribution in [0.4, 0.5) is 24.5 Å². The molecule has 2 heterocycles. The highest BCUT2D eigenvalue weighted by atomic mass is 32.2. The summed E-state index contributed by atoms with van der Waals surface area (Å²) in [5.74, 6) is -0.672. The van der Waals surface area contributed by atoms with Crippen LogP contribution in [0.15, 0.2) is 58.5 Å². The number of nitrogens with one attached hydrogen (secondary N) is 1. The number of nitrogens with zero attached hydrogens (tertiary/aromatic N) is 3. The van der Waals surface area contributed by atoms with Crippen molar-refractivity contribution in [1.82, 2.24) is 4.90 Å². The number of hydrogen-bond donors (Lipinski definition) is 1. The number of para-hydroxylation sites is 2. The number of alkyl halides is 3. The number of benzene rings is 2. The molecule has 166 valence electrons. The number of amides is 2. The van der Waals surface area contributed by atoms with Gasteiger partial charge in [-0.2, -0.15) is 18.2 Å². The predicted molar refractivity (Wildman–Crippen MR) is 118 cm³/mol. The topological polar surface area (TPSA) is 74.1 Å². The van der Waals surface area contributed by atoms with Crippen molar-refractivity contribution in [2.24, 2.45) is 15.9 Å². The molecule has 1 atom stereocenters. The Balaban J connectivity index is 1.57.